The largest absolute Gasteiger partial charge is 0.376 e. The summed E-state index contributed by atoms with van der Waals surface area (Å²) in [7, 11) is -3.66. The first-order valence-corrected chi connectivity index (χ1v) is 12.2. The van der Waals surface area contributed by atoms with Crippen LogP contribution in [0.4, 0.5) is 10.5 Å². The van der Waals surface area contributed by atoms with E-state index in [0.29, 0.717) is 37.8 Å². The van der Waals surface area contributed by atoms with Gasteiger partial charge in [0.15, 0.2) is 0 Å². The van der Waals surface area contributed by atoms with Crippen molar-refractivity contribution in [2.45, 2.75) is 56.4 Å². The summed E-state index contributed by atoms with van der Waals surface area (Å²) >= 11 is 6.13. The lowest BCUT2D eigenvalue weighted by atomic mass is 9.88. The molecule has 1 aliphatic carbocycles. The molecule has 1 saturated carbocycles. The highest BCUT2D eigenvalue weighted by atomic mass is 35.5. The van der Waals surface area contributed by atoms with Crippen molar-refractivity contribution in [1.82, 2.24) is 9.62 Å². The van der Waals surface area contributed by atoms with Gasteiger partial charge in [0, 0.05) is 25.3 Å². The van der Waals surface area contributed by atoms with E-state index in [1.807, 2.05) is 0 Å². The number of amides is 2. The molecule has 1 aliphatic heterocycles. The lowest BCUT2D eigenvalue weighted by molar-refractivity contribution is -0.00232. The minimum Gasteiger partial charge on any atom is -0.376 e. The summed E-state index contributed by atoms with van der Waals surface area (Å²) in [4.78, 5) is 12.2. The molecule has 2 N–H and O–H groups in total. The zero-order chi connectivity index (χ0) is 20.9. The molecule has 0 aromatic heterocycles. The lowest BCUT2D eigenvalue weighted by Crippen LogP contribution is -2.34. The van der Waals surface area contributed by atoms with Crippen LogP contribution in [-0.2, 0) is 14.8 Å². The molecule has 2 atom stereocenters. The van der Waals surface area contributed by atoms with Crippen molar-refractivity contribution in [1.29, 1.82) is 0 Å². The summed E-state index contributed by atoms with van der Waals surface area (Å²) in [6, 6.07) is 4.09. The highest BCUT2D eigenvalue weighted by molar-refractivity contribution is 7.89. The molecule has 0 spiro atoms. The van der Waals surface area contributed by atoms with Crippen molar-refractivity contribution in [3.63, 3.8) is 0 Å². The molecule has 2 fully saturated rings. The van der Waals surface area contributed by atoms with Crippen LogP contribution in [0.15, 0.2) is 23.1 Å². The van der Waals surface area contributed by atoms with Crippen molar-refractivity contribution in [3.05, 3.63) is 23.2 Å². The Morgan fingerprint density at radius 2 is 1.93 bits per heavy atom. The summed E-state index contributed by atoms with van der Waals surface area (Å²) in [6.45, 7) is 4.05. The highest BCUT2D eigenvalue weighted by Crippen LogP contribution is 2.29. The van der Waals surface area contributed by atoms with Gasteiger partial charge in [-0.25, -0.2) is 13.2 Å². The molecular formula is C20H30ClN3O4S. The van der Waals surface area contributed by atoms with Crippen LogP contribution in [0.3, 0.4) is 0 Å². The summed E-state index contributed by atoms with van der Waals surface area (Å²) in [5, 5.41) is 5.57. The third-order valence-electron chi connectivity index (χ3n) is 5.62. The summed E-state index contributed by atoms with van der Waals surface area (Å²) in [6.07, 6.45) is 6.69. The van der Waals surface area contributed by atoms with Gasteiger partial charge in [-0.3, -0.25) is 0 Å². The Hall–Kier alpha value is -1.35. The Bertz CT molecular complexity index is 812. The van der Waals surface area contributed by atoms with Crippen LogP contribution < -0.4 is 10.6 Å². The number of carbonyl (C=O) groups excluding carboxylic acids is 1. The van der Waals surface area contributed by atoms with Gasteiger partial charge in [0.2, 0.25) is 10.0 Å². The van der Waals surface area contributed by atoms with Crippen LogP contribution in [0, 0.1) is 5.92 Å². The smallest absolute Gasteiger partial charge is 0.319 e. The molecule has 1 saturated heterocycles. The second-order valence-corrected chi connectivity index (χ2v) is 10.1. The van der Waals surface area contributed by atoms with E-state index in [-0.39, 0.29) is 16.0 Å². The normalized spacial score (nSPS) is 23.1. The molecule has 0 radical (unpaired) electrons. The molecule has 9 heteroatoms. The first-order chi connectivity index (χ1) is 13.9. The van der Waals surface area contributed by atoms with E-state index in [9.17, 15) is 13.2 Å². The van der Waals surface area contributed by atoms with Crippen LogP contribution in [-0.4, -0.2) is 51.1 Å². The van der Waals surface area contributed by atoms with Gasteiger partial charge in [-0.05, 0) is 49.8 Å². The molecule has 162 valence electrons. The summed E-state index contributed by atoms with van der Waals surface area (Å²) < 4.78 is 32.9. The third kappa shape index (κ3) is 5.84. The maximum atomic E-state index is 12.8. The van der Waals surface area contributed by atoms with Crippen molar-refractivity contribution >= 4 is 33.3 Å². The number of rotatable bonds is 7. The monoisotopic (exact) mass is 443 g/mol. The molecule has 1 aromatic rings. The van der Waals surface area contributed by atoms with Gasteiger partial charge >= 0.3 is 6.03 Å². The Morgan fingerprint density at radius 1 is 1.21 bits per heavy atom. The summed E-state index contributed by atoms with van der Waals surface area (Å²) in [5.74, 6) is 0.558. The number of benzene rings is 1. The van der Waals surface area contributed by atoms with Crippen LogP contribution in [0.1, 0.15) is 45.4 Å². The molecule has 29 heavy (non-hydrogen) atoms. The molecule has 0 bridgehead atoms. The van der Waals surface area contributed by atoms with E-state index >= 15 is 0 Å². The SMILES string of the molecule is C[C@H]1CCCC[C@H]1OCCNC(=O)Nc1ccc(Cl)c(S(=O)(=O)N2CCCC2)c1. The lowest BCUT2D eigenvalue weighted by Gasteiger charge is -2.28. The predicted molar refractivity (Wildman–Crippen MR) is 114 cm³/mol. The molecule has 1 heterocycles. The second-order valence-electron chi connectivity index (χ2n) is 7.81. The number of hydrogen-bond donors (Lipinski definition) is 2. The number of halogens is 1. The molecule has 0 unspecified atom stereocenters. The first-order valence-electron chi connectivity index (χ1n) is 10.3. The molecule has 1 aromatic carbocycles. The van der Waals surface area contributed by atoms with Crippen molar-refractivity contribution in [3.8, 4) is 0 Å². The number of urea groups is 1. The van der Waals surface area contributed by atoms with Gasteiger partial charge in [0.1, 0.15) is 4.90 Å². The van der Waals surface area contributed by atoms with Crippen molar-refractivity contribution < 1.29 is 17.9 Å². The maximum Gasteiger partial charge on any atom is 0.319 e. The number of nitrogens with zero attached hydrogens (tertiary/aromatic N) is 1. The Labute approximate surface area is 178 Å². The van der Waals surface area contributed by atoms with Crippen LogP contribution in [0.5, 0.6) is 0 Å². The number of carbonyl (C=O) groups is 1. The summed E-state index contributed by atoms with van der Waals surface area (Å²) in [5.41, 5.74) is 0.381. The van der Waals surface area contributed by atoms with Gasteiger partial charge < -0.3 is 15.4 Å². The minimum absolute atomic E-state index is 0.0217. The van der Waals surface area contributed by atoms with E-state index in [4.69, 9.17) is 16.3 Å². The second kappa shape index (κ2) is 10.1. The number of ether oxygens (including phenoxy) is 1. The van der Waals surface area contributed by atoms with Crippen LogP contribution in [0.25, 0.3) is 0 Å². The molecular weight excluding hydrogens is 414 g/mol. The number of sulfonamides is 1. The maximum absolute atomic E-state index is 12.8. The van der Waals surface area contributed by atoms with E-state index in [1.165, 1.54) is 35.7 Å². The van der Waals surface area contributed by atoms with Crippen LogP contribution in [0.2, 0.25) is 5.02 Å². The third-order valence-corrected chi connectivity index (χ3v) is 8.00. The standard InChI is InChI=1S/C20H30ClN3O4S/c1-15-6-2-3-7-18(15)28-13-10-22-20(25)23-16-8-9-17(21)19(14-16)29(26,27)24-11-4-5-12-24/h8-9,14-15,18H,2-7,10-13H2,1H3,(H2,22,23,25)/t15-,18+/m0/s1. The average molecular weight is 444 g/mol. The van der Waals surface area contributed by atoms with Crippen LogP contribution >= 0.6 is 11.6 Å². The van der Waals surface area contributed by atoms with Gasteiger partial charge in [-0.15, -0.1) is 0 Å². The molecule has 7 nitrogen and oxygen atoms in total. The topological polar surface area (TPSA) is 87.7 Å². The number of anilines is 1. The van der Waals surface area contributed by atoms with E-state index in [0.717, 1.165) is 19.3 Å². The van der Waals surface area contributed by atoms with E-state index in [2.05, 4.69) is 17.6 Å². The molecule has 3 rings (SSSR count). The van der Waals surface area contributed by atoms with Gasteiger partial charge in [-0.1, -0.05) is 31.4 Å². The van der Waals surface area contributed by atoms with Gasteiger partial charge in [0.25, 0.3) is 0 Å². The van der Waals surface area contributed by atoms with E-state index < -0.39 is 16.1 Å². The van der Waals surface area contributed by atoms with Crippen molar-refractivity contribution in [2.24, 2.45) is 5.92 Å². The fourth-order valence-corrected chi connectivity index (χ4v) is 5.94. The minimum atomic E-state index is -3.66. The Balaban J connectivity index is 1.51. The van der Waals surface area contributed by atoms with Gasteiger partial charge in [-0.2, -0.15) is 4.31 Å². The first kappa shape index (κ1) is 22.3. The highest BCUT2D eigenvalue weighted by Gasteiger charge is 2.29. The fourth-order valence-electron chi connectivity index (χ4n) is 3.93. The molecule has 2 amide bonds. The van der Waals surface area contributed by atoms with E-state index in [1.54, 1.807) is 6.07 Å². The fraction of sp³-hybridized carbons (Fsp3) is 0.650. The zero-order valence-corrected chi connectivity index (χ0v) is 18.4. The Morgan fingerprint density at radius 3 is 2.66 bits per heavy atom. The molecule has 2 aliphatic rings. The number of hydrogen-bond acceptors (Lipinski definition) is 4. The van der Waals surface area contributed by atoms with Gasteiger partial charge in [0.05, 0.1) is 17.7 Å². The average Bonchev–Trinajstić information content (AvgIpc) is 3.24. The predicted octanol–water partition coefficient (Wildman–Crippen LogP) is 3.84. The zero-order valence-electron chi connectivity index (χ0n) is 16.8. The quantitative estimate of drug-likeness (QED) is 0.626. The number of nitrogens with one attached hydrogen (secondary N) is 2. The Kier molecular flexibility index (Phi) is 7.79. The van der Waals surface area contributed by atoms with Crippen molar-refractivity contribution in [2.75, 3.05) is 31.6 Å².